The molecule has 5 atom stereocenters. The lowest BCUT2D eigenvalue weighted by molar-refractivity contribution is -0.198. The van der Waals surface area contributed by atoms with Gasteiger partial charge in [-0.05, 0) is 44.1 Å². The Bertz CT molecular complexity index is 772. The van der Waals surface area contributed by atoms with Crippen LogP contribution in [0.5, 0.6) is 0 Å². The van der Waals surface area contributed by atoms with E-state index in [-0.39, 0.29) is 48.9 Å². The van der Waals surface area contributed by atoms with Crippen molar-refractivity contribution in [1.29, 1.82) is 0 Å². The number of unbranched alkanes of at least 4 members (excludes halogenated alkanes) is 1. The van der Waals surface area contributed by atoms with Gasteiger partial charge in [-0.1, -0.05) is 42.5 Å². The zero-order chi connectivity index (χ0) is 24.2. The van der Waals surface area contributed by atoms with E-state index in [2.05, 4.69) is 6.08 Å². The number of hydrogen-bond donors (Lipinski definition) is 1. The third kappa shape index (κ3) is 8.53. The lowest BCUT2D eigenvalue weighted by Gasteiger charge is -2.29. The number of carbonyl (C=O) groups excluding carboxylic acids is 2. The third-order valence-electron chi connectivity index (χ3n) is 6.53. The molecule has 1 saturated heterocycles. The van der Waals surface area contributed by atoms with Crippen LogP contribution in [0, 0.1) is 11.8 Å². The SMILES string of the molecule is CC(=O)O[C@H]1C[C@@H](O[C@H]2CCCCO2)[C@H](CO)[C@H]1C/C=C\CCCC(=O)OCc1ccccc1. The van der Waals surface area contributed by atoms with Crippen LogP contribution in [0.15, 0.2) is 42.5 Å². The molecular formula is C27H38O7. The first-order valence-corrected chi connectivity index (χ1v) is 12.5. The topological polar surface area (TPSA) is 91.3 Å². The van der Waals surface area contributed by atoms with Gasteiger partial charge in [-0.15, -0.1) is 0 Å². The van der Waals surface area contributed by atoms with Crippen molar-refractivity contribution in [2.45, 2.75) is 83.4 Å². The van der Waals surface area contributed by atoms with Gasteiger partial charge in [0.25, 0.3) is 0 Å². The summed E-state index contributed by atoms with van der Waals surface area (Å²) < 4.78 is 22.8. The van der Waals surface area contributed by atoms with Gasteiger partial charge < -0.3 is 24.1 Å². The monoisotopic (exact) mass is 474 g/mol. The molecule has 2 fully saturated rings. The van der Waals surface area contributed by atoms with Crippen LogP contribution in [0.1, 0.15) is 63.9 Å². The van der Waals surface area contributed by atoms with E-state index < -0.39 is 0 Å². The summed E-state index contributed by atoms with van der Waals surface area (Å²) in [7, 11) is 0. The fourth-order valence-electron chi connectivity index (χ4n) is 4.77. The van der Waals surface area contributed by atoms with Crippen LogP contribution in [0.2, 0.25) is 0 Å². The normalized spacial score (nSPS) is 27.1. The van der Waals surface area contributed by atoms with Crippen LogP contribution in [-0.4, -0.2) is 48.8 Å². The second-order valence-electron chi connectivity index (χ2n) is 9.11. The van der Waals surface area contributed by atoms with Crippen LogP contribution in [-0.2, 0) is 35.1 Å². The Kier molecular flexibility index (Phi) is 11.1. The van der Waals surface area contributed by atoms with E-state index in [1.165, 1.54) is 6.92 Å². The van der Waals surface area contributed by atoms with Gasteiger partial charge in [0.05, 0.1) is 6.10 Å². The molecule has 0 amide bonds. The Hall–Kier alpha value is -2.22. The summed E-state index contributed by atoms with van der Waals surface area (Å²) in [6.45, 7) is 2.38. The summed E-state index contributed by atoms with van der Waals surface area (Å²) in [6.07, 6.45) is 9.39. The largest absolute Gasteiger partial charge is 0.462 e. The van der Waals surface area contributed by atoms with Gasteiger partial charge in [-0.3, -0.25) is 9.59 Å². The average Bonchev–Trinajstić information content (AvgIpc) is 3.16. The number of rotatable bonds is 12. The Balaban J connectivity index is 1.42. The first-order chi connectivity index (χ1) is 16.6. The van der Waals surface area contributed by atoms with Crippen LogP contribution < -0.4 is 0 Å². The molecule has 1 aliphatic carbocycles. The molecule has 3 rings (SSSR count). The second kappa shape index (κ2) is 14.2. The first kappa shape index (κ1) is 26.4. The number of benzene rings is 1. The average molecular weight is 475 g/mol. The van der Waals surface area contributed by atoms with E-state index in [0.29, 0.717) is 38.9 Å². The van der Waals surface area contributed by atoms with Crippen molar-refractivity contribution in [3.8, 4) is 0 Å². The molecule has 0 aromatic heterocycles. The van der Waals surface area contributed by atoms with E-state index in [1.807, 2.05) is 36.4 Å². The summed E-state index contributed by atoms with van der Waals surface area (Å²) in [4.78, 5) is 23.6. The number of allylic oxidation sites excluding steroid dienone is 2. The predicted octanol–water partition coefficient (Wildman–Crippen LogP) is 4.32. The Morgan fingerprint density at radius 3 is 2.65 bits per heavy atom. The molecule has 1 N–H and O–H groups in total. The molecule has 0 spiro atoms. The second-order valence-corrected chi connectivity index (χ2v) is 9.11. The maximum Gasteiger partial charge on any atom is 0.306 e. The van der Waals surface area contributed by atoms with Gasteiger partial charge in [0.2, 0.25) is 0 Å². The summed E-state index contributed by atoms with van der Waals surface area (Å²) >= 11 is 0. The molecule has 7 heteroatoms. The highest BCUT2D eigenvalue weighted by atomic mass is 16.7. The third-order valence-corrected chi connectivity index (χ3v) is 6.53. The van der Waals surface area contributed by atoms with Gasteiger partial charge in [0.15, 0.2) is 6.29 Å². The summed E-state index contributed by atoms with van der Waals surface area (Å²) in [5.41, 5.74) is 0.977. The zero-order valence-electron chi connectivity index (χ0n) is 20.1. The molecule has 0 radical (unpaired) electrons. The molecule has 1 heterocycles. The number of aliphatic hydroxyl groups excluding tert-OH is 1. The molecule has 2 aliphatic rings. The van der Waals surface area contributed by atoms with E-state index in [4.69, 9.17) is 18.9 Å². The quantitative estimate of drug-likeness (QED) is 0.274. The van der Waals surface area contributed by atoms with Crippen molar-refractivity contribution < 1.29 is 33.6 Å². The molecule has 1 saturated carbocycles. The molecule has 1 aromatic carbocycles. The van der Waals surface area contributed by atoms with Crippen molar-refractivity contribution in [3.05, 3.63) is 48.0 Å². The number of esters is 2. The summed E-state index contributed by atoms with van der Waals surface area (Å²) in [6, 6.07) is 9.63. The predicted molar refractivity (Wildman–Crippen MR) is 127 cm³/mol. The van der Waals surface area contributed by atoms with E-state index in [0.717, 1.165) is 31.2 Å². The fraction of sp³-hybridized carbons (Fsp3) is 0.630. The van der Waals surface area contributed by atoms with Gasteiger partial charge in [0, 0.05) is 44.8 Å². The van der Waals surface area contributed by atoms with Crippen LogP contribution in [0.4, 0.5) is 0 Å². The Morgan fingerprint density at radius 1 is 1.12 bits per heavy atom. The number of ether oxygens (including phenoxy) is 4. The Morgan fingerprint density at radius 2 is 1.94 bits per heavy atom. The molecular weight excluding hydrogens is 436 g/mol. The fourth-order valence-corrected chi connectivity index (χ4v) is 4.77. The van der Waals surface area contributed by atoms with E-state index in [1.54, 1.807) is 0 Å². The van der Waals surface area contributed by atoms with E-state index in [9.17, 15) is 14.7 Å². The molecule has 7 nitrogen and oxygen atoms in total. The summed E-state index contributed by atoms with van der Waals surface area (Å²) in [5, 5.41) is 10.1. The molecule has 188 valence electrons. The number of aliphatic hydroxyl groups is 1. The van der Waals surface area contributed by atoms with Crippen molar-refractivity contribution in [1.82, 2.24) is 0 Å². The highest BCUT2D eigenvalue weighted by Gasteiger charge is 2.45. The Labute approximate surface area is 202 Å². The van der Waals surface area contributed by atoms with Crippen molar-refractivity contribution in [2.75, 3.05) is 13.2 Å². The van der Waals surface area contributed by atoms with Crippen LogP contribution in [0.25, 0.3) is 0 Å². The van der Waals surface area contributed by atoms with Crippen molar-refractivity contribution in [3.63, 3.8) is 0 Å². The standard InChI is InChI=1S/C27H38O7/c1-20(29)33-24-17-25(34-27-15-9-10-16-31-27)23(18-28)22(24)13-7-2-3-8-14-26(30)32-19-21-11-5-4-6-12-21/h2,4-7,11-12,22-25,27-28H,3,8-10,13-19H2,1H3/b7-2-/t22-,23-,24+,25-,27+/m1/s1. The lowest BCUT2D eigenvalue weighted by atomic mass is 9.91. The minimum atomic E-state index is -0.320. The summed E-state index contributed by atoms with van der Waals surface area (Å²) in [5.74, 6) is -0.658. The number of hydrogen-bond acceptors (Lipinski definition) is 7. The highest BCUT2D eigenvalue weighted by Crippen LogP contribution is 2.40. The molecule has 1 aromatic rings. The van der Waals surface area contributed by atoms with Gasteiger partial charge in [-0.25, -0.2) is 0 Å². The maximum absolute atomic E-state index is 11.9. The van der Waals surface area contributed by atoms with Gasteiger partial charge in [-0.2, -0.15) is 0 Å². The van der Waals surface area contributed by atoms with Gasteiger partial charge >= 0.3 is 11.9 Å². The van der Waals surface area contributed by atoms with Crippen LogP contribution in [0.3, 0.4) is 0 Å². The van der Waals surface area contributed by atoms with Crippen molar-refractivity contribution in [2.24, 2.45) is 11.8 Å². The maximum atomic E-state index is 11.9. The molecule has 0 unspecified atom stereocenters. The molecule has 1 aliphatic heterocycles. The van der Waals surface area contributed by atoms with Crippen molar-refractivity contribution >= 4 is 11.9 Å². The minimum Gasteiger partial charge on any atom is -0.462 e. The lowest BCUT2D eigenvalue weighted by Crippen LogP contribution is -2.33. The van der Waals surface area contributed by atoms with E-state index >= 15 is 0 Å². The van der Waals surface area contributed by atoms with Gasteiger partial charge in [0.1, 0.15) is 12.7 Å². The van der Waals surface area contributed by atoms with Crippen LogP contribution >= 0.6 is 0 Å². The molecule has 34 heavy (non-hydrogen) atoms. The zero-order valence-corrected chi connectivity index (χ0v) is 20.1. The molecule has 0 bridgehead atoms. The number of carbonyl (C=O) groups is 2. The smallest absolute Gasteiger partial charge is 0.306 e. The first-order valence-electron chi connectivity index (χ1n) is 12.5. The minimum absolute atomic E-state index is 0.0189. The highest BCUT2D eigenvalue weighted by molar-refractivity contribution is 5.69.